The highest BCUT2D eigenvalue weighted by molar-refractivity contribution is 6.22. The number of hydrogen-bond acceptors (Lipinski definition) is 3. The number of carbonyl (C=O) groups is 2. The predicted molar refractivity (Wildman–Crippen MR) is 97.2 cm³/mol. The van der Waals surface area contributed by atoms with Gasteiger partial charge in [-0.15, -0.1) is 0 Å². The van der Waals surface area contributed by atoms with E-state index in [1.54, 1.807) is 0 Å². The zero-order chi connectivity index (χ0) is 17.4. The van der Waals surface area contributed by atoms with E-state index in [9.17, 15) is 9.59 Å². The van der Waals surface area contributed by atoms with Crippen LogP contribution in [0.4, 0.5) is 5.69 Å². The first-order valence-electron chi connectivity index (χ1n) is 8.35. The van der Waals surface area contributed by atoms with Gasteiger partial charge in [-0.3, -0.25) is 9.59 Å². The number of H-pyrrole nitrogens is 1. The summed E-state index contributed by atoms with van der Waals surface area (Å²) in [5.41, 5.74) is 3.82. The van der Waals surface area contributed by atoms with Crippen molar-refractivity contribution in [1.29, 1.82) is 0 Å². The molecule has 0 spiro atoms. The number of imide groups is 1. The number of aromatic nitrogens is 1. The molecule has 4 rings (SSSR count). The Morgan fingerprint density at radius 1 is 1.12 bits per heavy atom. The minimum atomic E-state index is -0.479. The lowest BCUT2D eigenvalue weighted by Gasteiger charge is -2.16. The summed E-state index contributed by atoms with van der Waals surface area (Å²) in [4.78, 5) is 29.5. The van der Waals surface area contributed by atoms with Crippen LogP contribution < -0.4 is 10.2 Å². The van der Waals surface area contributed by atoms with Crippen molar-refractivity contribution in [3.05, 3.63) is 65.9 Å². The van der Waals surface area contributed by atoms with Crippen molar-refractivity contribution in [2.24, 2.45) is 0 Å². The number of hydrogen-bond donors (Lipinski definition) is 2. The molecule has 0 bridgehead atoms. The van der Waals surface area contributed by atoms with Crippen LogP contribution >= 0.6 is 0 Å². The van der Waals surface area contributed by atoms with E-state index >= 15 is 0 Å². The van der Waals surface area contributed by atoms with Gasteiger partial charge in [-0.25, -0.2) is 4.90 Å². The Hall–Kier alpha value is -2.92. The summed E-state index contributed by atoms with van der Waals surface area (Å²) in [6.07, 6.45) is 2.03. The first-order valence-corrected chi connectivity index (χ1v) is 8.35. The maximum Gasteiger partial charge on any atom is 0.251 e. The lowest BCUT2D eigenvalue weighted by molar-refractivity contribution is -0.121. The summed E-state index contributed by atoms with van der Waals surface area (Å²) in [5.74, 6) is -0.361. The molecule has 5 nitrogen and oxygen atoms in total. The van der Waals surface area contributed by atoms with Gasteiger partial charge in [0.1, 0.15) is 0 Å². The zero-order valence-corrected chi connectivity index (χ0v) is 14.0. The fourth-order valence-corrected chi connectivity index (χ4v) is 3.18. The van der Waals surface area contributed by atoms with Crippen LogP contribution in [0.15, 0.2) is 54.7 Å². The van der Waals surface area contributed by atoms with Crippen LogP contribution in [-0.2, 0) is 16.1 Å². The zero-order valence-electron chi connectivity index (χ0n) is 14.0. The van der Waals surface area contributed by atoms with Gasteiger partial charge in [0.2, 0.25) is 5.91 Å². The lowest BCUT2D eigenvalue weighted by atomic mass is 10.1. The molecule has 2 heterocycles. The molecule has 0 aliphatic carbocycles. The highest BCUT2D eigenvalue weighted by Crippen LogP contribution is 2.26. The van der Waals surface area contributed by atoms with Crippen molar-refractivity contribution in [1.82, 2.24) is 10.3 Å². The van der Waals surface area contributed by atoms with Crippen LogP contribution in [0.2, 0.25) is 0 Å². The molecule has 1 fully saturated rings. The molecule has 2 aromatic carbocycles. The second-order valence-electron chi connectivity index (χ2n) is 6.44. The van der Waals surface area contributed by atoms with E-state index in [1.807, 2.05) is 61.7 Å². The Balaban J connectivity index is 1.50. The standard InChI is InChI=1S/C20H19N3O2/c1-13-2-4-14(5-3-13)12-22-18-11-19(24)23(20(18)25)16-7-6-15-8-9-21-17(15)10-16/h2-10,18,21-22H,11-12H2,1H3. The summed E-state index contributed by atoms with van der Waals surface area (Å²) in [5, 5.41) is 4.26. The molecule has 1 unspecified atom stereocenters. The molecule has 1 aliphatic rings. The third-order valence-corrected chi connectivity index (χ3v) is 4.62. The smallest absolute Gasteiger partial charge is 0.251 e. The topological polar surface area (TPSA) is 65.2 Å². The lowest BCUT2D eigenvalue weighted by Crippen LogP contribution is -2.38. The van der Waals surface area contributed by atoms with Gasteiger partial charge in [0, 0.05) is 18.3 Å². The predicted octanol–water partition coefficient (Wildman–Crippen LogP) is 2.90. The average Bonchev–Trinajstić information content (AvgIpc) is 3.18. The van der Waals surface area contributed by atoms with Gasteiger partial charge >= 0.3 is 0 Å². The number of nitrogens with one attached hydrogen (secondary N) is 2. The SMILES string of the molecule is Cc1ccc(CNC2CC(=O)N(c3ccc4cc[nH]c4c3)C2=O)cc1. The summed E-state index contributed by atoms with van der Waals surface area (Å²) in [7, 11) is 0. The number of carbonyl (C=O) groups excluding carboxylic acids is 2. The van der Waals surface area contributed by atoms with E-state index < -0.39 is 6.04 Å². The molecule has 1 saturated heterocycles. The van der Waals surface area contributed by atoms with Gasteiger partial charge in [-0.05, 0) is 36.1 Å². The molecule has 5 heteroatoms. The first-order chi connectivity index (χ1) is 12.1. The number of nitrogens with zero attached hydrogens (tertiary/aromatic N) is 1. The summed E-state index contributed by atoms with van der Waals surface area (Å²) >= 11 is 0. The van der Waals surface area contributed by atoms with E-state index in [0.29, 0.717) is 12.2 Å². The van der Waals surface area contributed by atoms with E-state index in [1.165, 1.54) is 10.5 Å². The number of rotatable bonds is 4. The number of aromatic amines is 1. The Bertz CT molecular complexity index is 943. The van der Waals surface area contributed by atoms with Crippen molar-refractivity contribution >= 4 is 28.4 Å². The number of amides is 2. The van der Waals surface area contributed by atoms with Gasteiger partial charge < -0.3 is 10.3 Å². The average molecular weight is 333 g/mol. The van der Waals surface area contributed by atoms with Crippen molar-refractivity contribution < 1.29 is 9.59 Å². The van der Waals surface area contributed by atoms with E-state index in [-0.39, 0.29) is 18.2 Å². The van der Waals surface area contributed by atoms with Gasteiger partial charge in [0.25, 0.3) is 5.91 Å². The van der Waals surface area contributed by atoms with E-state index in [0.717, 1.165) is 16.5 Å². The molecular weight excluding hydrogens is 314 g/mol. The highest BCUT2D eigenvalue weighted by atomic mass is 16.2. The third kappa shape index (κ3) is 2.94. The normalized spacial score (nSPS) is 17.6. The van der Waals surface area contributed by atoms with Crippen LogP contribution in [0.1, 0.15) is 17.5 Å². The fraction of sp³-hybridized carbons (Fsp3) is 0.200. The Morgan fingerprint density at radius 3 is 2.72 bits per heavy atom. The van der Waals surface area contributed by atoms with Crippen LogP contribution in [-0.4, -0.2) is 22.8 Å². The van der Waals surface area contributed by atoms with Crippen molar-refractivity contribution in [3.8, 4) is 0 Å². The first kappa shape index (κ1) is 15.6. The van der Waals surface area contributed by atoms with E-state index in [2.05, 4.69) is 10.3 Å². The van der Waals surface area contributed by atoms with Gasteiger partial charge in [-0.1, -0.05) is 35.9 Å². The monoisotopic (exact) mass is 333 g/mol. The molecule has 126 valence electrons. The second kappa shape index (κ2) is 6.18. The molecule has 3 aromatic rings. The van der Waals surface area contributed by atoms with Crippen LogP contribution in [0.3, 0.4) is 0 Å². The highest BCUT2D eigenvalue weighted by Gasteiger charge is 2.39. The van der Waals surface area contributed by atoms with Crippen LogP contribution in [0, 0.1) is 6.92 Å². The van der Waals surface area contributed by atoms with Crippen molar-refractivity contribution in [3.63, 3.8) is 0 Å². The quantitative estimate of drug-likeness (QED) is 0.722. The largest absolute Gasteiger partial charge is 0.361 e. The Morgan fingerprint density at radius 2 is 1.92 bits per heavy atom. The van der Waals surface area contributed by atoms with Crippen LogP contribution in [0.5, 0.6) is 0 Å². The number of anilines is 1. The van der Waals surface area contributed by atoms with Gasteiger partial charge in [-0.2, -0.15) is 0 Å². The van der Waals surface area contributed by atoms with Gasteiger partial charge in [0.05, 0.1) is 18.2 Å². The summed E-state index contributed by atoms with van der Waals surface area (Å²) < 4.78 is 0. The molecular formula is C20H19N3O2. The minimum Gasteiger partial charge on any atom is -0.361 e. The maximum absolute atomic E-state index is 12.7. The third-order valence-electron chi connectivity index (χ3n) is 4.62. The molecule has 25 heavy (non-hydrogen) atoms. The van der Waals surface area contributed by atoms with Crippen molar-refractivity contribution in [2.75, 3.05) is 4.90 Å². The summed E-state index contributed by atoms with van der Waals surface area (Å²) in [6, 6.07) is 15.2. The molecule has 0 saturated carbocycles. The van der Waals surface area contributed by atoms with E-state index in [4.69, 9.17) is 0 Å². The number of fused-ring (bicyclic) bond motifs is 1. The minimum absolute atomic E-state index is 0.169. The summed E-state index contributed by atoms with van der Waals surface area (Å²) in [6.45, 7) is 2.60. The molecule has 0 radical (unpaired) electrons. The molecule has 1 aromatic heterocycles. The fourth-order valence-electron chi connectivity index (χ4n) is 3.18. The number of aryl methyl sites for hydroxylation is 1. The molecule has 2 N–H and O–H groups in total. The maximum atomic E-state index is 12.7. The second-order valence-corrected chi connectivity index (χ2v) is 6.44. The Labute approximate surface area is 145 Å². The van der Waals surface area contributed by atoms with Crippen LogP contribution in [0.25, 0.3) is 10.9 Å². The molecule has 2 amide bonds. The Kier molecular flexibility index (Phi) is 3.86. The molecule has 1 aliphatic heterocycles. The number of benzene rings is 2. The molecule has 1 atom stereocenters. The van der Waals surface area contributed by atoms with Gasteiger partial charge in [0.15, 0.2) is 0 Å². The van der Waals surface area contributed by atoms with Crippen molar-refractivity contribution in [2.45, 2.75) is 25.9 Å².